The van der Waals surface area contributed by atoms with Gasteiger partial charge in [0.25, 0.3) is 0 Å². The summed E-state index contributed by atoms with van der Waals surface area (Å²) in [4.78, 5) is 33.7. The average Bonchev–Trinajstić information content (AvgIpc) is 2.33. The molecule has 3 atom stereocenters. The number of hydrogen-bond acceptors (Lipinski definition) is 4. The summed E-state index contributed by atoms with van der Waals surface area (Å²) in [5, 5.41) is 22.2. The zero-order chi connectivity index (χ0) is 15.0. The Labute approximate surface area is 111 Å². The number of aliphatic carboxylic acids is 1. The van der Waals surface area contributed by atoms with Crippen LogP contribution in [0.1, 0.15) is 26.7 Å². The topological polar surface area (TPSA) is 142 Å². The Hall–Kier alpha value is -1.83. The zero-order valence-corrected chi connectivity index (χ0v) is 11.0. The second-order valence-corrected chi connectivity index (χ2v) is 4.28. The fourth-order valence-corrected chi connectivity index (χ4v) is 1.50. The lowest BCUT2D eigenvalue weighted by Gasteiger charge is -2.24. The smallest absolute Gasteiger partial charge is 0.326 e. The summed E-state index contributed by atoms with van der Waals surface area (Å²) < 4.78 is 0. The van der Waals surface area contributed by atoms with Gasteiger partial charge in [-0.1, -0.05) is 20.3 Å². The van der Waals surface area contributed by atoms with Gasteiger partial charge in [0, 0.05) is 13.0 Å². The predicted molar refractivity (Wildman–Crippen MR) is 67.2 cm³/mol. The molecule has 0 aromatic heterocycles. The van der Waals surface area contributed by atoms with Gasteiger partial charge < -0.3 is 26.6 Å². The van der Waals surface area contributed by atoms with Gasteiger partial charge >= 0.3 is 12.0 Å². The second-order valence-electron chi connectivity index (χ2n) is 4.28. The molecule has 110 valence electrons. The predicted octanol–water partition coefficient (Wildman–Crippen LogP) is -0.979. The van der Waals surface area contributed by atoms with Crippen LogP contribution < -0.4 is 16.4 Å². The third kappa shape index (κ3) is 6.05. The van der Waals surface area contributed by atoms with Crippen molar-refractivity contribution < 1.29 is 24.6 Å². The van der Waals surface area contributed by atoms with Gasteiger partial charge in [-0.25, -0.2) is 9.59 Å². The van der Waals surface area contributed by atoms with E-state index in [9.17, 15) is 14.4 Å². The minimum absolute atomic E-state index is 0.106. The Bertz CT molecular complexity index is 334. The van der Waals surface area contributed by atoms with E-state index in [1.807, 2.05) is 6.92 Å². The number of hydrogen-bond donors (Lipinski definition) is 5. The summed E-state index contributed by atoms with van der Waals surface area (Å²) >= 11 is 0. The quantitative estimate of drug-likeness (QED) is 0.387. The molecule has 0 rings (SSSR count). The van der Waals surface area contributed by atoms with Crippen molar-refractivity contribution in [2.45, 2.75) is 38.8 Å². The van der Waals surface area contributed by atoms with E-state index in [2.05, 4.69) is 10.6 Å². The van der Waals surface area contributed by atoms with Crippen LogP contribution in [-0.4, -0.2) is 46.8 Å². The van der Waals surface area contributed by atoms with Crippen molar-refractivity contribution in [3.05, 3.63) is 0 Å². The van der Waals surface area contributed by atoms with Crippen molar-refractivity contribution in [3.63, 3.8) is 0 Å². The molecule has 19 heavy (non-hydrogen) atoms. The number of nitrogens with one attached hydrogen (secondary N) is 2. The van der Waals surface area contributed by atoms with Gasteiger partial charge in [0.05, 0.1) is 0 Å². The van der Waals surface area contributed by atoms with Crippen molar-refractivity contribution in [1.29, 1.82) is 0 Å². The van der Waals surface area contributed by atoms with Gasteiger partial charge in [-0.3, -0.25) is 4.79 Å². The van der Waals surface area contributed by atoms with E-state index in [0.717, 1.165) is 0 Å². The first-order chi connectivity index (χ1) is 8.83. The molecular formula is C11H21N3O5. The van der Waals surface area contributed by atoms with E-state index < -0.39 is 30.0 Å². The molecule has 3 amide bonds. The monoisotopic (exact) mass is 275 g/mol. The molecule has 0 aromatic carbocycles. The van der Waals surface area contributed by atoms with Gasteiger partial charge in [0.15, 0.2) is 0 Å². The summed E-state index contributed by atoms with van der Waals surface area (Å²) in [6.07, 6.45) is 0.501. The standard InChI is InChI=1S/C11H21N3O5/c1-3-6(2)8(14-11(12)19)9(16)13-7(4-5-15)10(17)18/h6-8,15H,3-5H2,1-2H3,(H,13,16)(H,17,18)(H3,12,14,19)/t6?,7-,8?/m1/s1. The normalized spacial score (nSPS) is 15.1. The number of rotatable bonds is 8. The first-order valence-corrected chi connectivity index (χ1v) is 6.03. The number of amides is 3. The van der Waals surface area contributed by atoms with Crippen molar-refractivity contribution in [3.8, 4) is 0 Å². The highest BCUT2D eigenvalue weighted by Gasteiger charge is 2.28. The van der Waals surface area contributed by atoms with E-state index in [-0.39, 0.29) is 18.9 Å². The van der Waals surface area contributed by atoms with Crippen LogP contribution in [0, 0.1) is 5.92 Å². The molecule has 8 nitrogen and oxygen atoms in total. The third-order valence-corrected chi connectivity index (χ3v) is 2.83. The molecule has 8 heteroatoms. The second kappa shape index (κ2) is 8.30. The maximum absolute atomic E-state index is 11.9. The average molecular weight is 275 g/mol. The first kappa shape index (κ1) is 17.2. The van der Waals surface area contributed by atoms with Crippen LogP contribution in [0.3, 0.4) is 0 Å². The zero-order valence-electron chi connectivity index (χ0n) is 11.0. The van der Waals surface area contributed by atoms with Crippen molar-refractivity contribution in [2.75, 3.05) is 6.61 Å². The molecule has 0 bridgehead atoms. The Morgan fingerprint density at radius 1 is 1.26 bits per heavy atom. The lowest BCUT2D eigenvalue weighted by molar-refractivity contribution is -0.142. The molecule has 0 aliphatic heterocycles. The molecule has 0 fully saturated rings. The SMILES string of the molecule is CCC(C)C(NC(N)=O)C(=O)N[C@H](CCO)C(=O)O. The molecule has 0 aromatic rings. The minimum atomic E-state index is -1.25. The Kier molecular flexibility index (Phi) is 7.50. The van der Waals surface area contributed by atoms with Crippen LogP contribution in [0.25, 0.3) is 0 Å². The summed E-state index contributed by atoms with van der Waals surface area (Å²) in [7, 11) is 0. The lowest BCUT2D eigenvalue weighted by atomic mass is 9.98. The van der Waals surface area contributed by atoms with Crippen LogP contribution in [-0.2, 0) is 9.59 Å². The number of carbonyl (C=O) groups excluding carboxylic acids is 2. The number of carboxylic acids is 1. The van der Waals surface area contributed by atoms with Crippen molar-refractivity contribution >= 4 is 17.9 Å². The molecule has 0 aliphatic rings. The molecule has 6 N–H and O–H groups in total. The number of aliphatic hydroxyl groups excluding tert-OH is 1. The highest BCUT2D eigenvalue weighted by molar-refractivity contribution is 5.89. The van der Waals surface area contributed by atoms with Gasteiger partial charge in [-0.05, 0) is 5.92 Å². The lowest BCUT2D eigenvalue weighted by Crippen LogP contribution is -2.55. The summed E-state index contributed by atoms with van der Waals surface area (Å²) in [5.74, 6) is -2.07. The number of carboxylic acid groups (broad SMARTS) is 1. The summed E-state index contributed by atoms with van der Waals surface area (Å²) in [5.41, 5.74) is 4.99. The van der Waals surface area contributed by atoms with Crippen molar-refractivity contribution in [2.24, 2.45) is 11.7 Å². The number of aliphatic hydroxyl groups is 1. The number of urea groups is 1. The number of nitrogens with two attached hydrogens (primary N) is 1. The Balaban J connectivity index is 4.78. The molecule has 0 saturated carbocycles. The Morgan fingerprint density at radius 2 is 1.84 bits per heavy atom. The van der Waals surface area contributed by atoms with Gasteiger partial charge in [-0.2, -0.15) is 0 Å². The fourth-order valence-electron chi connectivity index (χ4n) is 1.50. The van der Waals surface area contributed by atoms with Crippen LogP contribution in [0.2, 0.25) is 0 Å². The van der Waals surface area contributed by atoms with Gasteiger partial charge in [0.1, 0.15) is 12.1 Å². The van der Waals surface area contributed by atoms with Crippen LogP contribution >= 0.6 is 0 Å². The third-order valence-electron chi connectivity index (χ3n) is 2.83. The van der Waals surface area contributed by atoms with E-state index in [0.29, 0.717) is 6.42 Å². The van der Waals surface area contributed by atoms with Crippen LogP contribution in [0.4, 0.5) is 4.79 Å². The summed E-state index contributed by atoms with van der Waals surface area (Å²) in [6, 6.07) is -2.95. The van der Waals surface area contributed by atoms with Crippen LogP contribution in [0.15, 0.2) is 0 Å². The highest BCUT2D eigenvalue weighted by Crippen LogP contribution is 2.08. The number of carbonyl (C=O) groups is 3. The first-order valence-electron chi connectivity index (χ1n) is 6.03. The molecule has 0 saturated heterocycles. The number of primary amides is 1. The van der Waals surface area contributed by atoms with E-state index >= 15 is 0 Å². The maximum Gasteiger partial charge on any atom is 0.326 e. The molecule has 0 aliphatic carbocycles. The minimum Gasteiger partial charge on any atom is -0.480 e. The summed E-state index contributed by atoms with van der Waals surface area (Å²) in [6.45, 7) is 3.20. The Morgan fingerprint density at radius 3 is 2.21 bits per heavy atom. The molecule has 0 radical (unpaired) electrons. The van der Waals surface area contributed by atoms with Gasteiger partial charge in [-0.15, -0.1) is 0 Å². The maximum atomic E-state index is 11.9. The van der Waals surface area contributed by atoms with E-state index in [1.54, 1.807) is 6.92 Å². The largest absolute Gasteiger partial charge is 0.480 e. The van der Waals surface area contributed by atoms with E-state index in [4.69, 9.17) is 15.9 Å². The fraction of sp³-hybridized carbons (Fsp3) is 0.727. The van der Waals surface area contributed by atoms with Crippen molar-refractivity contribution in [1.82, 2.24) is 10.6 Å². The van der Waals surface area contributed by atoms with Crippen LogP contribution in [0.5, 0.6) is 0 Å². The highest BCUT2D eigenvalue weighted by atomic mass is 16.4. The molecule has 0 heterocycles. The molecule has 0 spiro atoms. The molecular weight excluding hydrogens is 254 g/mol. The molecule has 2 unspecified atom stereocenters. The van der Waals surface area contributed by atoms with E-state index in [1.165, 1.54) is 0 Å². The van der Waals surface area contributed by atoms with Gasteiger partial charge in [0.2, 0.25) is 5.91 Å².